The average Bonchev–Trinajstić information content (AvgIpc) is 3.67. The van der Waals surface area contributed by atoms with Crippen molar-refractivity contribution in [1.29, 1.82) is 0 Å². The van der Waals surface area contributed by atoms with E-state index in [1.165, 1.54) is 21.5 Å². The molecule has 3 aromatic heterocycles. The predicted molar refractivity (Wildman–Crippen MR) is 159 cm³/mol. The Balaban J connectivity index is 1.57. The molecule has 0 aliphatic carbocycles. The lowest BCUT2D eigenvalue weighted by Gasteiger charge is -2.13. The fourth-order valence-corrected chi connectivity index (χ4v) is 5.40. The van der Waals surface area contributed by atoms with Gasteiger partial charge in [0, 0.05) is 23.0 Å². The zero-order valence-electron chi connectivity index (χ0n) is 22.5. The minimum Gasteiger partial charge on any atom is -0.460 e. The van der Waals surface area contributed by atoms with Gasteiger partial charge in [0.05, 0.1) is 33.3 Å². The summed E-state index contributed by atoms with van der Waals surface area (Å²) in [6, 6.07) is 25.9. The molecule has 210 valence electrons. The van der Waals surface area contributed by atoms with Gasteiger partial charge in [-0.05, 0) is 62.4 Å². The van der Waals surface area contributed by atoms with Crippen molar-refractivity contribution in [2.75, 3.05) is 0 Å². The molecule has 0 aliphatic rings. The van der Waals surface area contributed by atoms with Crippen molar-refractivity contribution in [2.45, 2.75) is 19.8 Å². The second kappa shape index (κ2) is 10.6. The number of benzene rings is 3. The largest absolute Gasteiger partial charge is 0.460 e. The fraction of sp³-hybridized carbons (Fsp3) is 0.0968. The van der Waals surface area contributed by atoms with Crippen molar-refractivity contribution in [1.82, 2.24) is 19.6 Å². The van der Waals surface area contributed by atoms with E-state index in [1.54, 1.807) is 56.3 Å². The van der Waals surface area contributed by atoms with E-state index in [9.17, 15) is 19.7 Å². The number of nitrogens with one attached hydrogen (secondary N) is 2. The van der Waals surface area contributed by atoms with Crippen LogP contribution in [0.5, 0.6) is 0 Å². The van der Waals surface area contributed by atoms with Gasteiger partial charge >= 0.3 is 0 Å². The number of aromatic nitrogens is 4. The number of aryl methyl sites for hydroxylation is 2. The lowest BCUT2D eigenvalue weighted by atomic mass is 9.89. The van der Waals surface area contributed by atoms with Crippen LogP contribution in [0, 0.1) is 24.0 Å². The Kier molecular flexibility index (Phi) is 6.75. The van der Waals surface area contributed by atoms with Gasteiger partial charge in [-0.2, -0.15) is 0 Å². The number of nitrogens with zero attached hydrogens (tertiary/aromatic N) is 3. The summed E-state index contributed by atoms with van der Waals surface area (Å²) in [5, 5.41) is 17.8. The molecular weight excluding hydrogens is 558 g/mol. The number of aromatic amines is 2. The smallest absolute Gasteiger partial charge is 0.288 e. The second-order valence-electron chi connectivity index (χ2n) is 9.81. The number of hydrogen-bond acceptors (Lipinski definition) is 5. The number of furan rings is 1. The topological polar surface area (TPSA) is 132 Å². The van der Waals surface area contributed by atoms with Crippen LogP contribution in [0.25, 0.3) is 22.7 Å². The van der Waals surface area contributed by atoms with E-state index in [2.05, 4.69) is 10.2 Å². The van der Waals surface area contributed by atoms with Gasteiger partial charge in [-0.25, -0.2) is 9.36 Å². The highest BCUT2D eigenvalue weighted by Gasteiger charge is 2.33. The number of halogens is 1. The maximum atomic E-state index is 14.0. The summed E-state index contributed by atoms with van der Waals surface area (Å²) >= 11 is 6.02. The first-order valence-corrected chi connectivity index (χ1v) is 13.4. The zero-order chi connectivity index (χ0) is 29.5. The van der Waals surface area contributed by atoms with Gasteiger partial charge in [-0.3, -0.25) is 29.9 Å². The number of hydrogen-bond donors (Lipinski definition) is 2. The molecule has 2 N–H and O–H groups in total. The van der Waals surface area contributed by atoms with Gasteiger partial charge in [-0.15, -0.1) is 0 Å². The lowest BCUT2D eigenvalue weighted by Crippen LogP contribution is -2.25. The molecule has 11 heteroatoms. The zero-order valence-corrected chi connectivity index (χ0v) is 23.3. The van der Waals surface area contributed by atoms with Crippen LogP contribution in [0.2, 0.25) is 5.02 Å². The quantitative estimate of drug-likeness (QED) is 0.169. The molecule has 0 atom stereocenters. The third kappa shape index (κ3) is 4.57. The first-order chi connectivity index (χ1) is 20.2. The highest BCUT2D eigenvalue weighted by Crippen LogP contribution is 2.37. The van der Waals surface area contributed by atoms with Crippen LogP contribution in [0.1, 0.15) is 34.2 Å². The van der Waals surface area contributed by atoms with Crippen molar-refractivity contribution in [3.63, 3.8) is 0 Å². The molecule has 0 spiro atoms. The molecule has 3 heterocycles. The van der Waals surface area contributed by atoms with Gasteiger partial charge in [0.2, 0.25) is 0 Å². The Bertz CT molecular complexity index is 1950. The van der Waals surface area contributed by atoms with E-state index < -0.39 is 10.8 Å². The lowest BCUT2D eigenvalue weighted by molar-refractivity contribution is -0.384. The highest BCUT2D eigenvalue weighted by atomic mass is 35.5. The van der Waals surface area contributed by atoms with Gasteiger partial charge in [0.25, 0.3) is 16.8 Å². The normalized spacial score (nSPS) is 11.3. The third-order valence-corrected chi connectivity index (χ3v) is 7.50. The molecule has 42 heavy (non-hydrogen) atoms. The van der Waals surface area contributed by atoms with Crippen LogP contribution >= 0.6 is 11.6 Å². The van der Waals surface area contributed by atoms with E-state index in [0.717, 1.165) is 0 Å². The first-order valence-electron chi connectivity index (χ1n) is 13.0. The molecule has 0 amide bonds. The molecule has 6 rings (SSSR count). The van der Waals surface area contributed by atoms with Crippen LogP contribution in [0.15, 0.2) is 105 Å². The fourth-order valence-electron chi connectivity index (χ4n) is 5.21. The Morgan fingerprint density at radius 1 is 0.786 bits per heavy atom. The van der Waals surface area contributed by atoms with Crippen molar-refractivity contribution in [2.24, 2.45) is 0 Å². The average molecular weight is 582 g/mol. The molecule has 0 unspecified atom stereocenters. The van der Waals surface area contributed by atoms with Crippen LogP contribution < -0.4 is 11.1 Å². The number of rotatable bonds is 7. The van der Waals surface area contributed by atoms with Crippen LogP contribution in [0.3, 0.4) is 0 Å². The van der Waals surface area contributed by atoms with E-state index in [4.69, 9.17) is 16.0 Å². The summed E-state index contributed by atoms with van der Waals surface area (Å²) in [4.78, 5) is 38.9. The van der Waals surface area contributed by atoms with Crippen molar-refractivity contribution < 1.29 is 9.34 Å². The molecule has 0 saturated carbocycles. The van der Waals surface area contributed by atoms with Crippen molar-refractivity contribution >= 4 is 17.3 Å². The second-order valence-corrected chi connectivity index (χ2v) is 10.2. The third-order valence-electron chi connectivity index (χ3n) is 7.18. The SMILES string of the molecule is Cc1[nH]n(-c2ccccc2)c(=O)c1C(c1ccc(-c2ccc(Cl)c([N+](=O)[O-])c2)o1)c1c(C)[nH]n(-c2ccccc2)c1=O. The molecule has 3 aromatic carbocycles. The number of H-pyrrole nitrogens is 2. The first kappa shape index (κ1) is 26.9. The van der Waals surface area contributed by atoms with Gasteiger partial charge < -0.3 is 4.42 Å². The predicted octanol–water partition coefficient (Wildman–Crippen LogP) is 6.26. The standard InChI is InChI=1S/C31H24ClN5O5/c1-18-27(30(38)35(33-18)21-9-5-3-6-10-21)29(28-19(2)34-36(31(28)39)22-11-7-4-8-12-22)26-16-15-25(42-26)20-13-14-23(32)24(17-20)37(40)41/h3-17,29,33-34H,1-2H3. The van der Waals surface area contributed by atoms with Crippen molar-refractivity contribution in [3.8, 4) is 22.7 Å². The summed E-state index contributed by atoms with van der Waals surface area (Å²) in [6.45, 7) is 3.54. The maximum Gasteiger partial charge on any atom is 0.288 e. The highest BCUT2D eigenvalue weighted by molar-refractivity contribution is 6.32. The summed E-state index contributed by atoms with van der Waals surface area (Å²) < 4.78 is 9.14. The summed E-state index contributed by atoms with van der Waals surface area (Å²) in [7, 11) is 0. The summed E-state index contributed by atoms with van der Waals surface area (Å²) in [5.74, 6) is -0.257. The number of nitro benzene ring substituents is 1. The van der Waals surface area contributed by atoms with E-state index in [-0.39, 0.29) is 21.8 Å². The molecule has 6 aromatic rings. The van der Waals surface area contributed by atoms with E-state index in [1.807, 2.05) is 36.4 Å². The van der Waals surface area contributed by atoms with Gasteiger partial charge in [0.1, 0.15) is 16.5 Å². The van der Waals surface area contributed by atoms with E-state index >= 15 is 0 Å². The maximum absolute atomic E-state index is 14.0. The van der Waals surface area contributed by atoms with Gasteiger partial charge in [-0.1, -0.05) is 48.0 Å². The van der Waals surface area contributed by atoms with E-state index in [0.29, 0.717) is 51.0 Å². The Morgan fingerprint density at radius 3 is 1.81 bits per heavy atom. The molecule has 0 saturated heterocycles. The molecular formula is C31H24ClN5O5. The summed E-state index contributed by atoms with van der Waals surface area (Å²) in [5.41, 5.74) is 2.54. The molecule has 0 fully saturated rings. The minimum atomic E-state index is -0.900. The minimum absolute atomic E-state index is 0.00206. The number of nitro groups is 1. The molecule has 10 nitrogen and oxygen atoms in total. The Hall–Kier alpha value is -5.35. The van der Waals surface area contributed by atoms with Crippen LogP contribution in [-0.4, -0.2) is 24.5 Å². The van der Waals surface area contributed by atoms with Crippen molar-refractivity contribution in [3.05, 3.63) is 155 Å². The Morgan fingerprint density at radius 2 is 1.31 bits per heavy atom. The Labute approximate surface area is 243 Å². The monoisotopic (exact) mass is 581 g/mol. The molecule has 0 aliphatic heterocycles. The molecule has 0 radical (unpaired) electrons. The number of para-hydroxylation sites is 2. The van der Waals surface area contributed by atoms with Gasteiger partial charge in [0.15, 0.2) is 0 Å². The summed E-state index contributed by atoms with van der Waals surface area (Å²) in [6.07, 6.45) is 0. The molecule has 0 bridgehead atoms. The van der Waals surface area contributed by atoms with Crippen LogP contribution in [0.4, 0.5) is 5.69 Å². The van der Waals surface area contributed by atoms with Crippen LogP contribution in [-0.2, 0) is 0 Å².